The van der Waals surface area contributed by atoms with E-state index >= 15 is 0 Å². The molecule has 1 heterocycles. The van der Waals surface area contributed by atoms with Crippen LogP contribution in [0, 0.1) is 13.8 Å². The molecule has 0 atom stereocenters. The first-order chi connectivity index (χ1) is 30.8. The van der Waals surface area contributed by atoms with Gasteiger partial charge in [0.25, 0.3) is 0 Å². The van der Waals surface area contributed by atoms with Crippen LogP contribution in [-0.4, -0.2) is 4.57 Å². The summed E-state index contributed by atoms with van der Waals surface area (Å²) in [5, 5.41) is 2.70. The Balaban J connectivity index is 0.000000182. The van der Waals surface area contributed by atoms with Crippen LogP contribution in [-0.2, 0) is 12.5 Å². The van der Waals surface area contributed by atoms with Gasteiger partial charge >= 0.3 is 0 Å². The van der Waals surface area contributed by atoms with Crippen LogP contribution in [0.5, 0.6) is 0 Å². The monoisotopic (exact) mass is 839 g/mol. The van der Waals surface area contributed by atoms with Crippen LogP contribution >= 0.6 is 0 Å². The van der Waals surface area contributed by atoms with Crippen LogP contribution in [0.15, 0.2) is 206 Å². The molecule has 0 unspecified atom stereocenters. The van der Waals surface area contributed by atoms with Crippen LogP contribution in [0.25, 0.3) is 45.1 Å². The Bertz CT molecular complexity index is 2940. The Labute approximate surface area is 384 Å². The number of benzene rings is 5. The lowest BCUT2D eigenvalue weighted by Crippen LogP contribution is -2.20. The summed E-state index contributed by atoms with van der Waals surface area (Å²) >= 11 is 0. The number of aromatic nitrogens is 1. The van der Waals surface area contributed by atoms with Gasteiger partial charge in [-0.2, -0.15) is 0 Å². The maximum atomic E-state index is 4.21. The van der Waals surface area contributed by atoms with Gasteiger partial charge in [0, 0.05) is 45.7 Å². The molecular weight excluding hydrogens is 773 g/mol. The highest BCUT2D eigenvalue weighted by Gasteiger charge is 2.38. The molecule has 0 radical (unpaired) electrons. The Kier molecular flexibility index (Phi) is 14.6. The fourth-order valence-corrected chi connectivity index (χ4v) is 9.53. The number of nitrogens with zero attached hydrogens (tertiary/aromatic N) is 2. The minimum atomic E-state index is -0.137. The van der Waals surface area contributed by atoms with Gasteiger partial charge in [0.1, 0.15) is 0 Å². The van der Waals surface area contributed by atoms with Crippen molar-refractivity contribution in [2.45, 2.75) is 73.6 Å². The lowest BCUT2D eigenvalue weighted by Gasteiger charge is -2.31. The zero-order chi connectivity index (χ0) is 46.3. The maximum Gasteiger partial charge on any atom is 0.0543 e. The van der Waals surface area contributed by atoms with Gasteiger partial charge in [-0.25, -0.2) is 0 Å². The van der Waals surface area contributed by atoms with Crippen molar-refractivity contribution in [2.24, 2.45) is 7.05 Å². The Hall–Kier alpha value is -6.90. The first-order valence-electron chi connectivity index (χ1n) is 22.4. The van der Waals surface area contributed by atoms with Crippen LogP contribution in [0.1, 0.15) is 87.8 Å². The molecule has 0 amide bonds. The van der Waals surface area contributed by atoms with Gasteiger partial charge < -0.3 is 9.47 Å². The van der Waals surface area contributed by atoms with Crippen molar-refractivity contribution < 1.29 is 0 Å². The molecule has 0 spiro atoms. The number of hydrogen-bond donors (Lipinski definition) is 0. The molecular formula is C62H66N2. The summed E-state index contributed by atoms with van der Waals surface area (Å²) < 4.78 is 2.28. The minimum absolute atomic E-state index is 0.137. The number of aryl methyl sites for hydroxylation is 3. The summed E-state index contributed by atoms with van der Waals surface area (Å²) in [4.78, 5) is 2.23. The molecule has 6 aromatic rings. The van der Waals surface area contributed by atoms with Crippen molar-refractivity contribution in [3.63, 3.8) is 0 Å². The lowest BCUT2D eigenvalue weighted by atomic mass is 9.80. The van der Waals surface area contributed by atoms with E-state index in [2.05, 4.69) is 214 Å². The third-order valence-corrected chi connectivity index (χ3v) is 13.0. The summed E-state index contributed by atoms with van der Waals surface area (Å²) in [6, 6.07) is 34.5. The van der Waals surface area contributed by atoms with Gasteiger partial charge in [-0.05, 0) is 146 Å². The van der Waals surface area contributed by atoms with E-state index in [0.717, 1.165) is 41.0 Å². The largest absolute Gasteiger partial charge is 0.343 e. The standard InChI is InChI=1S/C32H31N.C16H22.C14H13N/c1-8-15-23(9-2)33(24-16-13-12-14-17-24)30-21-29-31(26(11-4)25(30)10-3)27-19-18-22(5)20-28(27)32(29,6)7;1-6-9-15(12(3)7-2)16-11-8-10-13(4)14(16)5;1-10-6-5-8-12-11-7-3-4-9-13(11)15(2)14(10)12/h8-21H,1-4H2,5-7H3;6-7,9-10H,2,8,11H2,1,3-5H3;3-9H,1-2H3/b23-15+;9-6-,15-12+;. The van der Waals surface area contributed by atoms with Crippen LogP contribution < -0.4 is 4.90 Å². The molecule has 1 aromatic heterocycles. The maximum absolute atomic E-state index is 4.21. The minimum Gasteiger partial charge on any atom is -0.343 e. The molecule has 0 bridgehead atoms. The van der Waals surface area contributed by atoms with Gasteiger partial charge in [-0.1, -0.05) is 173 Å². The van der Waals surface area contributed by atoms with Gasteiger partial charge in [0.2, 0.25) is 0 Å². The normalized spacial score (nSPS) is 14.3. The van der Waals surface area contributed by atoms with E-state index in [4.69, 9.17) is 0 Å². The topological polar surface area (TPSA) is 8.17 Å². The van der Waals surface area contributed by atoms with Crippen molar-refractivity contribution in [3.05, 3.63) is 239 Å². The third-order valence-electron chi connectivity index (χ3n) is 13.0. The first-order valence-corrected chi connectivity index (χ1v) is 22.4. The van der Waals surface area contributed by atoms with Crippen molar-refractivity contribution in [1.82, 2.24) is 4.57 Å². The molecule has 0 aliphatic heterocycles. The smallest absolute Gasteiger partial charge is 0.0543 e. The van der Waals surface area contributed by atoms with Crippen LogP contribution in [0.2, 0.25) is 0 Å². The quantitative estimate of drug-likeness (QED) is 0.125. The van der Waals surface area contributed by atoms with E-state index in [0.29, 0.717) is 0 Å². The lowest BCUT2D eigenvalue weighted by molar-refractivity contribution is 0.659. The van der Waals surface area contributed by atoms with Crippen molar-refractivity contribution in [1.29, 1.82) is 0 Å². The van der Waals surface area contributed by atoms with E-state index in [1.807, 2.05) is 36.4 Å². The number of hydrogen-bond acceptors (Lipinski definition) is 1. The first kappa shape index (κ1) is 46.6. The molecule has 0 N–H and O–H groups in total. The fraction of sp³-hybridized carbons (Fsp3) is 0.194. The average molecular weight is 839 g/mol. The summed E-state index contributed by atoms with van der Waals surface area (Å²) in [7, 11) is 2.14. The van der Waals surface area contributed by atoms with Crippen LogP contribution in [0.4, 0.5) is 11.4 Å². The Morgan fingerprint density at radius 3 is 2.09 bits per heavy atom. The number of fused-ring (bicyclic) bond motifs is 6. The van der Waals surface area contributed by atoms with Crippen LogP contribution in [0.3, 0.4) is 0 Å². The van der Waals surface area contributed by atoms with Crippen molar-refractivity contribution in [3.8, 4) is 11.1 Å². The van der Waals surface area contributed by atoms with Gasteiger partial charge in [0.15, 0.2) is 0 Å². The Morgan fingerprint density at radius 2 is 1.44 bits per heavy atom. The highest BCUT2D eigenvalue weighted by molar-refractivity contribution is 6.09. The van der Waals surface area contributed by atoms with E-state index in [-0.39, 0.29) is 5.41 Å². The second-order valence-corrected chi connectivity index (χ2v) is 17.3. The molecule has 0 fully saturated rings. The fourth-order valence-electron chi connectivity index (χ4n) is 9.53. The van der Waals surface area contributed by atoms with Gasteiger partial charge in [-0.3, -0.25) is 0 Å². The molecule has 0 saturated carbocycles. The number of allylic oxidation sites excluding steroid dienone is 12. The predicted octanol–water partition coefficient (Wildman–Crippen LogP) is 17.7. The van der Waals surface area contributed by atoms with E-state index < -0.39 is 0 Å². The summed E-state index contributed by atoms with van der Waals surface area (Å²) in [5.74, 6) is 0. The second-order valence-electron chi connectivity index (χ2n) is 17.3. The molecule has 2 aliphatic rings. The molecule has 2 nitrogen and oxygen atoms in total. The predicted molar refractivity (Wildman–Crippen MR) is 285 cm³/mol. The van der Waals surface area contributed by atoms with Gasteiger partial charge in [0.05, 0.1) is 11.2 Å². The van der Waals surface area contributed by atoms with E-state index in [1.54, 1.807) is 6.08 Å². The second kappa shape index (κ2) is 20.1. The Morgan fingerprint density at radius 1 is 0.750 bits per heavy atom. The zero-order valence-corrected chi connectivity index (χ0v) is 39.8. The molecule has 5 aromatic carbocycles. The third kappa shape index (κ3) is 8.84. The molecule has 0 saturated heterocycles. The summed E-state index contributed by atoms with van der Waals surface area (Å²) in [6.07, 6.45) is 20.4. The van der Waals surface area contributed by atoms with Crippen molar-refractivity contribution in [2.75, 3.05) is 4.90 Å². The van der Waals surface area contributed by atoms with E-state index in [1.165, 1.54) is 83.1 Å². The van der Waals surface area contributed by atoms with E-state index in [9.17, 15) is 0 Å². The SMILES string of the molecule is C=C/C(C)=C(\C=C/C)C1=C(C)C(C)=CCC1.C=C/C=C(\C=C)N(c1ccccc1)c1cc2c(c(C=C)c1C=C)-c1ccc(C)cc1C2(C)C.Cc1cccc2c3ccccc3n(C)c12. The van der Waals surface area contributed by atoms with Crippen molar-refractivity contribution >= 4 is 45.3 Å². The highest BCUT2D eigenvalue weighted by atomic mass is 15.1. The molecule has 324 valence electrons. The highest BCUT2D eigenvalue weighted by Crippen LogP contribution is 2.54. The van der Waals surface area contributed by atoms with Gasteiger partial charge in [-0.15, -0.1) is 0 Å². The molecule has 2 aliphatic carbocycles. The molecule has 64 heavy (non-hydrogen) atoms. The molecule has 8 rings (SSSR count). The zero-order valence-electron chi connectivity index (χ0n) is 39.8. The molecule has 2 heteroatoms. The average Bonchev–Trinajstić information content (AvgIpc) is 3.72. The number of anilines is 2. The number of rotatable bonds is 10. The summed E-state index contributed by atoms with van der Waals surface area (Å²) in [6.45, 7) is 37.9. The number of para-hydroxylation sites is 3. The summed E-state index contributed by atoms with van der Waals surface area (Å²) in [5.41, 5.74) is 22.5.